The van der Waals surface area contributed by atoms with Crippen molar-refractivity contribution in [2.75, 3.05) is 5.32 Å². The zero-order valence-corrected chi connectivity index (χ0v) is 14.0. The molecule has 0 unspecified atom stereocenters. The Bertz CT molecular complexity index is 1230. The lowest BCUT2D eigenvalue weighted by atomic mass is 10.1. The van der Waals surface area contributed by atoms with E-state index in [0.717, 1.165) is 34.3 Å². The third kappa shape index (κ3) is 2.69. The summed E-state index contributed by atoms with van der Waals surface area (Å²) in [6, 6.07) is 12.8. The number of hydrogen-bond acceptors (Lipinski definition) is 3. The van der Waals surface area contributed by atoms with Gasteiger partial charge in [-0.15, -0.1) is 0 Å². The zero-order valence-electron chi connectivity index (χ0n) is 14.0. The molecule has 0 atom stereocenters. The van der Waals surface area contributed by atoms with Crippen LogP contribution in [0.1, 0.15) is 23.0 Å². The number of aryl methyl sites for hydroxylation is 1. The summed E-state index contributed by atoms with van der Waals surface area (Å²) < 4.78 is 0. The lowest BCUT2D eigenvalue weighted by Gasteiger charge is -2.05. The number of fused-ring (bicyclic) bond motifs is 3. The summed E-state index contributed by atoms with van der Waals surface area (Å²) in [7, 11) is 0. The molecule has 7 heteroatoms. The van der Waals surface area contributed by atoms with E-state index in [9.17, 15) is 14.4 Å². The smallest absolute Gasteiger partial charge is 0.326 e. The Morgan fingerprint density at radius 1 is 1.00 bits per heavy atom. The van der Waals surface area contributed by atoms with Crippen LogP contribution in [0.25, 0.3) is 21.8 Å². The molecule has 4 N–H and O–H groups in total. The fraction of sp³-hybridized carbons (Fsp3) is 0.105. The van der Waals surface area contributed by atoms with Gasteiger partial charge in [-0.2, -0.15) is 0 Å². The van der Waals surface area contributed by atoms with Gasteiger partial charge in [0, 0.05) is 33.6 Å². The van der Waals surface area contributed by atoms with Crippen molar-refractivity contribution >= 4 is 33.4 Å². The summed E-state index contributed by atoms with van der Waals surface area (Å²) in [6.07, 6.45) is 0.920. The monoisotopic (exact) mass is 348 g/mol. The molecule has 0 bridgehead atoms. The molecule has 0 spiro atoms. The molecule has 0 aliphatic carbocycles. The molecule has 2 aromatic heterocycles. The maximum absolute atomic E-state index is 12.3. The van der Waals surface area contributed by atoms with Crippen LogP contribution in [-0.2, 0) is 6.42 Å². The number of aromatic nitrogens is 3. The first-order valence-electron chi connectivity index (χ1n) is 8.23. The number of hydrogen-bond donors (Lipinski definition) is 4. The topological polar surface area (TPSA) is 111 Å². The fourth-order valence-electron chi connectivity index (χ4n) is 3.15. The second kappa shape index (κ2) is 6.03. The van der Waals surface area contributed by atoms with Gasteiger partial charge in [0.05, 0.1) is 0 Å². The van der Waals surface area contributed by atoms with E-state index in [0.29, 0.717) is 5.69 Å². The van der Waals surface area contributed by atoms with E-state index < -0.39 is 17.2 Å². The van der Waals surface area contributed by atoms with Crippen LogP contribution in [0.5, 0.6) is 0 Å². The van der Waals surface area contributed by atoms with Crippen molar-refractivity contribution in [1.82, 2.24) is 15.0 Å². The summed E-state index contributed by atoms with van der Waals surface area (Å²) >= 11 is 0. The number of para-hydroxylation sites is 1. The fourth-order valence-corrected chi connectivity index (χ4v) is 3.15. The minimum absolute atomic E-state index is 0.0937. The van der Waals surface area contributed by atoms with E-state index in [4.69, 9.17) is 0 Å². The van der Waals surface area contributed by atoms with Gasteiger partial charge in [-0.05, 0) is 24.1 Å². The first kappa shape index (κ1) is 15.9. The van der Waals surface area contributed by atoms with Crippen LogP contribution in [0, 0.1) is 0 Å². The molecule has 1 amide bonds. The first-order chi connectivity index (χ1) is 12.5. The molecular formula is C19H16N4O3. The number of nitrogens with one attached hydrogen (secondary N) is 4. The van der Waals surface area contributed by atoms with Crippen molar-refractivity contribution < 1.29 is 4.79 Å². The van der Waals surface area contributed by atoms with E-state index >= 15 is 0 Å². The van der Waals surface area contributed by atoms with Crippen LogP contribution in [0.3, 0.4) is 0 Å². The molecule has 0 fully saturated rings. The van der Waals surface area contributed by atoms with Crippen molar-refractivity contribution in [3.05, 3.63) is 74.6 Å². The van der Waals surface area contributed by atoms with Crippen LogP contribution < -0.4 is 16.6 Å². The highest BCUT2D eigenvalue weighted by Gasteiger charge is 2.11. The van der Waals surface area contributed by atoms with Crippen molar-refractivity contribution in [3.63, 3.8) is 0 Å². The first-order valence-corrected chi connectivity index (χ1v) is 8.23. The molecule has 0 aliphatic rings. The third-order valence-electron chi connectivity index (χ3n) is 4.36. The van der Waals surface area contributed by atoms with Gasteiger partial charge in [-0.25, -0.2) is 4.79 Å². The van der Waals surface area contributed by atoms with E-state index in [1.54, 1.807) is 6.07 Å². The Labute approximate surface area is 147 Å². The molecule has 0 saturated heterocycles. The van der Waals surface area contributed by atoms with E-state index in [-0.39, 0.29) is 5.69 Å². The largest absolute Gasteiger partial charge is 0.354 e. The second-order valence-electron chi connectivity index (χ2n) is 6.03. The predicted octanol–water partition coefficient (Wildman–Crippen LogP) is 2.51. The lowest BCUT2D eigenvalue weighted by Crippen LogP contribution is -2.27. The van der Waals surface area contributed by atoms with Gasteiger partial charge in [0.15, 0.2) is 0 Å². The van der Waals surface area contributed by atoms with Gasteiger partial charge >= 0.3 is 5.69 Å². The molecule has 2 aromatic carbocycles. The molecule has 26 heavy (non-hydrogen) atoms. The maximum Gasteiger partial charge on any atom is 0.326 e. The summed E-state index contributed by atoms with van der Waals surface area (Å²) in [5.41, 5.74) is 2.34. The van der Waals surface area contributed by atoms with Gasteiger partial charge in [0.25, 0.3) is 11.5 Å². The maximum atomic E-state index is 12.3. The third-order valence-corrected chi connectivity index (χ3v) is 4.36. The Kier molecular flexibility index (Phi) is 3.69. The van der Waals surface area contributed by atoms with Crippen molar-refractivity contribution in [2.24, 2.45) is 0 Å². The molecule has 130 valence electrons. The molecular weight excluding hydrogens is 332 g/mol. The van der Waals surface area contributed by atoms with E-state index in [1.165, 1.54) is 5.56 Å². The zero-order chi connectivity index (χ0) is 18.3. The number of rotatable bonds is 3. The average molecular weight is 348 g/mol. The van der Waals surface area contributed by atoms with Crippen molar-refractivity contribution in [3.8, 4) is 0 Å². The average Bonchev–Trinajstić information content (AvgIpc) is 2.98. The van der Waals surface area contributed by atoms with Gasteiger partial charge in [-0.3, -0.25) is 14.6 Å². The number of carbonyl (C=O) groups excluding carboxylic acids is 1. The van der Waals surface area contributed by atoms with Gasteiger partial charge < -0.3 is 15.3 Å². The minimum atomic E-state index is -0.721. The summed E-state index contributed by atoms with van der Waals surface area (Å²) in [6.45, 7) is 2.11. The quantitative estimate of drug-likeness (QED) is 0.456. The highest BCUT2D eigenvalue weighted by atomic mass is 16.2. The Hall–Kier alpha value is -3.61. The van der Waals surface area contributed by atoms with Crippen LogP contribution >= 0.6 is 0 Å². The molecule has 2 heterocycles. The summed E-state index contributed by atoms with van der Waals surface area (Å²) in [5.74, 6) is -0.557. The molecule has 4 rings (SSSR count). The standard InChI is InChI=1S/C19H16N4O3/c1-2-10-4-3-5-13-12-7-6-11(8-14(12)21-17(10)13)20-18(25)15-9-16(24)23-19(26)22-15/h3-9,21H,2H2,1H3,(H,20,25)(H2,22,23,24,26). The highest BCUT2D eigenvalue weighted by Crippen LogP contribution is 2.29. The van der Waals surface area contributed by atoms with Crippen molar-refractivity contribution in [2.45, 2.75) is 13.3 Å². The number of anilines is 1. The molecule has 0 saturated carbocycles. The number of aromatic amines is 3. The summed E-state index contributed by atoms with van der Waals surface area (Å²) in [5, 5.41) is 4.90. The van der Waals surface area contributed by atoms with Crippen molar-refractivity contribution in [1.29, 1.82) is 0 Å². The van der Waals surface area contributed by atoms with Crippen LogP contribution in [0.2, 0.25) is 0 Å². The van der Waals surface area contributed by atoms with E-state index in [1.807, 2.05) is 23.2 Å². The Balaban J connectivity index is 1.73. The molecule has 0 aliphatic heterocycles. The van der Waals surface area contributed by atoms with Crippen LogP contribution in [-0.4, -0.2) is 20.9 Å². The summed E-state index contributed by atoms with van der Waals surface area (Å²) in [4.78, 5) is 42.7. The molecule has 4 aromatic rings. The van der Waals surface area contributed by atoms with Crippen LogP contribution in [0.4, 0.5) is 5.69 Å². The number of benzene rings is 2. The number of carbonyl (C=O) groups is 1. The predicted molar refractivity (Wildman–Crippen MR) is 101 cm³/mol. The lowest BCUT2D eigenvalue weighted by molar-refractivity contribution is 0.102. The Morgan fingerprint density at radius 2 is 1.85 bits per heavy atom. The minimum Gasteiger partial charge on any atom is -0.354 e. The Morgan fingerprint density at radius 3 is 2.62 bits per heavy atom. The highest BCUT2D eigenvalue weighted by molar-refractivity contribution is 6.10. The van der Waals surface area contributed by atoms with Crippen LogP contribution in [0.15, 0.2) is 52.1 Å². The number of amides is 1. The van der Waals surface area contributed by atoms with Gasteiger partial charge in [0.1, 0.15) is 5.69 Å². The second-order valence-corrected chi connectivity index (χ2v) is 6.03. The SMILES string of the molecule is CCc1cccc2c1[nH]c1cc(NC(=O)c3cc(=O)[nH]c(=O)[nH]3)ccc12. The normalized spacial score (nSPS) is 11.1. The molecule has 7 nitrogen and oxygen atoms in total. The van der Waals surface area contributed by atoms with Gasteiger partial charge in [0.2, 0.25) is 0 Å². The molecule has 0 radical (unpaired) electrons. The number of H-pyrrole nitrogens is 3. The van der Waals surface area contributed by atoms with E-state index in [2.05, 4.69) is 34.3 Å². The van der Waals surface area contributed by atoms with Gasteiger partial charge in [-0.1, -0.05) is 31.2 Å².